The highest BCUT2D eigenvalue weighted by molar-refractivity contribution is 6.36. The molecular weight excluding hydrogens is 371 g/mol. The fourth-order valence-electron chi connectivity index (χ4n) is 3.07. The number of carbonyl (C=O) groups is 1. The molecule has 0 N–H and O–H groups in total. The van der Waals surface area contributed by atoms with E-state index in [-0.39, 0.29) is 5.91 Å². The van der Waals surface area contributed by atoms with E-state index in [0.29, 0.717) is 28.7 Å². The average Bonchev–Trinajstić information content (AvgIpc) is 2.60. The predicted octanol–water partition coefficient (Wildman–Crippen LogP) is 3.67. The Balaban J connectivity index is 1.62. The fraction of sp³-hybridized carbons (Fsp3) is 0.421. The van der Waals surface area contributed by atoms with E-state index < -0.39 is 0 Å². The molecule has 1 aliphatic rings. The van der Waals surface area contributed by atoms with Crippen LogP contribution in [0.4, 0.5) is 0 Å². The second-order valence-electron chi connectivity index (χ2n) is 6.62. The molecular formula is C19H22Cl2N4O. The van der Waals surface area contributed by atoms with Crippen LogP contribution in [0.2, 0.25) is 10.0 Å². The van der Waals surface area contributed by atoms with Gasteiger partial charge in [0.1, 0.15) is 0 Å². The quantitative estimate of drug-likeness (QED) is 0.799. The highest BCUT2D eigenvalue weighted by Gasteiger charge is 2.24. The van der Waals surface area contributed by atoms with Crippen LogP contribution in [0.3, 0.4) is 0 Å². The zero-order chi connectivity index (χ0) is 18.8. The van der Waals surface area contributed by atoms with E-state index in [1.54, 1.807) is 18.2 Å². The molecule has 0 atom stereocenters. The van der Waals surface area contributed by atoms with Gasteiger partial charge in [-0.05, 0) is 39.0 Å². The van der Waals surface area contributed by atoms with E-state index in [2.05, 4.69) is 14.9 Å². The molecule has 1 fully saturated rings. The number of piperazine rings is 1. The normalized spacial score (nSPS) is 15.3. The molecule has 0 radical (unpaired) electrons. The fourth-order valence-corrected chi connectivity index (χ4v) is 3.55. The van der Waals surface area contributed by atoms with Crippen LogP contribution in [-0.2, 0) is 6.54 Å². The molecule has 7 heteroatoms. The first-order chi connectivity index (χ1) is 12.3. The molecule has 3 rings (SSSR count). The van der Waals surface area contributed by atoms with E-state index in [4.69, 9.17) is 23.2 Å². The number of amides is 1. The van der Waals surface area contributed by atoms with Gasteiger partial charge in [-0.3, -0.25) is 19.7 Å². The molecule has 2 heterocycles. The summed E-state index contributed by atoms with van der Waals surface area (Å²) < 4.78 is 0. The second-order valence-corrected chi connectivity index (χ2v) is 7.46. The Hall–Kier alpha value is -1.69. The number of hydrogen-bond acceptors (Lipinski definition) is 4. The SMILES string of the molecule is Cc1nc(C)c(CN2CCN(C(=O)c3ccc(Cl)cc3Cl)CC2)nc1C. The first-order valence-corrected chi connectivity index (χ1v) is 9.38. The molecule has 5 nitrogen and oxygen atoms in total. The van der Waals surface area contributed by atoms with Crippen molar-refractivity contribution in [2.45, 2.75) is 27.3 Å². The third-order valence-electron chi connectivity index (χ3n) is 4.77. The largest absolute Gasteiger partial charge is 0.336 e. The van der Waals surface area contributed by atoms with Crippen molar-refractivity contribution in [2.24, 2.45) is 0 Å². The lowest BCUT2D eigenvalue weighted by Gasteiger charge is -2.35. The number of aryl methyl sites for hydroxylation is 3. The van der Waals surface area contributed by atoms with Crippen molar-refractivity contribution in [3.8, 4) is 0 Å². The molecule has 0 bridgehead atoms. The van der Waals surface area contributed by atoms with Gasteiger partial charge in [0, 0.05) is 37.7 Å². The molecule has 0 spiro atoms. The van der Waals surface area contributed by atoms with Crippen LogP contribution in [0.1, 0.15) is 33.1 Å². The van der Waals surface area contributed by atoms with Gasteiger partial charge in [0.2, 0.25) is 0 Å². The summed E-state index contributed by atoms with van der Waals surface area (Å²) in [5.74, 6) is -0.0477. The molecule has 1 saturated heterocycles. The minimum Gasteiger partial charge on any atom is -0.336 e. The summed E-state index contributed by atoms with van der Waals surface area (Å²) in [6, 6.07) is 4.99. The Morgan fingerprint density at radius 1 is 1.00 bits per heavy atom. The van der Waals surface area contributed by atoms with E-state index in [9.17, 15) is 4.79 Å². The summed E-state index contributed by atoms with van der Waals surface area (Å²) in [5.41, 5.74) is 4.42. The zero-order valence-corrected chi connectivity index (χ0v) is 16.7. The lowest BCUT2D eigenvalue weighted by molar-refractivity contribution is 0.0626. The third kappa shape index (κ3) is 4.17. The smallest absolute Gasteiger partial charge is 0.255 e. The molecule has 26 heavy (non-hydrogen) atoms. The van der Waals surface area contributed by atoms with Gasteiger partial charge in [-0.15, -0.1) is 0 Å². The molecule has 138 valence electrons. The molecule has 2 aromatic rings. The summed E-state index contributed by atoms with van der Waals surface area (Å²) in [6.07, 6.45) is 0. The summed E-state index contributed by atoms with van der Waals surface area (Å²) >= 11 is 12.1. The van der Waals surface area contributed by atoms with Crippen molar-refractivity contribution >= 4 is 29.1 Å². The van der Waals surface area contributed by atoms with E-state index in [1.807, 2.05) is 25.7 Å². The van der Waals surface area contributed by atoms with Gasteiger partial charge in [0.25, 0.3) is 5.91 Å². The number of benzene rings is 1. The topological polar surface area (TPSA) is 49.3 Å². The third-order valence-corrected chi connectivity index (χ3v) is 5.32. The minimum absolute atomic E-state index is 0.0477. The van der Waals surface area contributed by atoms with Crippen molar-refractivity contribution in [1.29, 1.82) is 0 Å². The second kappa shape index (κ2) is 7.91. The molecule has 0 unspecified atom stereocenters. The van der Waals surface area contributed by atoms with E-state index >= 15 is 0 Å². The Labute approximate surface area is 163 Å². The minimum atomic E-state index is -0.0477. The Morgan fingerprint density at radius 2 is 1.65 bits per heavy atom. The number of nitrogens with zero attached hydrogens (tertiary/aromatic N) is 4. The molecule has 1 aliphatic heterocycles. The van der Waals surface area contributed by atoms with Gasteiger partial charge >= 0.3 is 0 Å². The predicted molar refractivity (Wildman–Crippen MR) is 104 cm³/mol. The Morgan fingerprint density at radius 3 is 2.31 bits per heavy atom. The van der Waals surface area contributed by atoms with Crippen molar-refractivity contribution < 1.29 is 4.79 Å². The number of hydrogen-bond donors (Lipinski definition) is 0. The van der Waals surface area contributed by atoms with Gasteiger partial charge in [0.15, 0.2) is 0 Å². The monoisotopic (exact) mass is 392 g/mol. The summed E-state index contributed by atoms with van der Waals surface area (Å²) in [6.45, 7) is 9.63. The number of carbonyl (C=O) groups excluding carboxylic acids is 1. The molecule has 0 aliphatic carbocycles. The Kier molecular flexibility index (Phi) is 5.80. The van der Waals surface area contributed by atoms with Crippen LogP contribution in [0.25, 0.3) is 0 Å². The molecule has 1 aromatic carbocycles. The lowest BCUT2D eigenvalue weighted by Crippen LogP contribution is -2.48. The van der Waals surface area contributed by atoms with Gasteiger partial charge in [-0.2, -0.15) is 0 Å². The maximum absolute atomic E-state index is 12.7. The zero-order valence-electron chi connectivity index (χ0n) is 15.2. The highest BCUT2D eigenvalue weighted by Crippen LogP contribution is 2.23. The lowest BCUT2D eigenvalue weighted by atomic mass is 10.1. The Bertz CT molecular complexity index is 833. The van der Waals surface area contributed by atoms with Crippen molar-refractivity contribution in [1.82, 2.24) is 19.8 Å². The number of rotatable bonds is 3. The van der Waals surface area contributed by atoms with Gasteiger partial charge < -0.3 is 4.90 Å². The van der Waals surface area contributed by atoms with Crippen LogP contribution in [-0.4, -0.2) is 51.9 Å². The maximum atomic E-state index is 12.7. The van der Waals surface area contributed by atoms with Gasteiger partial charge in [0.05, 0.1) is 33.4 Å². The number of halogens is 2. The maximum Gasteiger partial charge on any atom is 0.255 e. The van der Waals surface area contributed by atoms with Crippen LogP contribution >= 0.6 is 23.2 Å². The van der Waals surface area contributed by atoms with Crippen LogP contribution in [0.5, 0.6) is 0 Å². The average molecular weight is 393 g/mol. The van der Waals surface area contributed by atoms with Crippen LogP contribution < -0.4 is 0 Å². The molecule has 1 amide bonds. The number of aromatic nitrogens is 2. The standard InChI is InChI=1S/C19H22Cl2N4O/c1-12-13(2)23-18(14(3)22-12)11-24-6-8-25(9-7-24)19(26)16-5-4-15(20)10-17(16)21/h4-5,10H,6-9,11H2,1-3H3. The first-order valence-electron chi connectivity index (χ1n) is 8.62. The van der Waals surface area contributed by atoms with Crippen LogP contribution in [0.15, 0.2) is 18.2 Å². The van der Waals surface area contributed by atoms with Crippen LogP contribution in [0, 0.1) is 20.8 Å². The summed E-state index contributed by atoms with van der Waals surface area (Å²) in [5, 5.41) is 0.923. The summed E-state index contributed by atoms with van der Waals surface area (Å²) in [4.78, 5) is 26.1. The van der Waals surface area contributed by atoms with E-state index in [1.165, 1.54) is 0 Å². The van der Waals surface area contributed by atoms with Gasteiger partial charge in [-0.25, -0.2) is 0 Å². The van der Waals surface area contributed by atoms with E-state index in [0.717, 1.165) is 42.4 Å². The molecule has 0 saturated carbocycles. The van der Waals surface area contributed by atoms with Crippen molar-refractivity contribution in [2.75, 3.05) is 26.2 Å². The molecule has 1 aromatic heterocycles. The highest BCUT2D eigenvalue weighted by atomic mass is 35.5. The van der Waals surface area contributed by atoms with Crippen molar-refractivity contribution in [3.63, 3.8) is 0 Å². The summed E-state index contributed by atoms with van der Waals surface area (Å²) in [7, 11) is 0. The van der Waals surface area contributed by atoms with Crippen molar-refractivity contribution in [3.05, 3.63) is 56.6 Å². The first kappa shape index (κ1) is 19.1. The van der Waals surface area contributed by atoms with Gasteiger partial charge in [-0.1, -0.05) is 23.2 Å².